The Morgan fingerprint density at radius 3 is 2.47 bits per heavy atom. The Bertz CT molecular complexity index is 714. The zero-order valence-corrected chi connectivity index (χ0v) is 12.0. The van der Waals surface area contributed by atoms with Crippen molar-refractivity contribution >= 4 is 38.9 Å². The van der Waals surface area contributed by atoms with Gasteiger partial charge >= 0.3 is 0 Å². The summed E-state index contributed by atoms with van der Waals surface area (Å²) in [5, 5.41) is 21.5. The third-order valence-electron chi connectivity index (χ3n) is 2.47. The van der Waals surface area contributed by atoms with Crippen LogP contribution in [0.4, 0.5) is 11.4 Å². The predicted octanol–water partition coefficient (Wildman–Crippen LogP) is 4.59. The topological polar surface area (TPSA) is 59.6 Å². The van der Waals surface area contributed by atoms with Crippen molar-refractivity contribution < 1.29 is 0 Å². The summed E-state index contributed by atoms with van der Waals surface area (Å²) in [4.78, 5) is 0. The zero-order chi connectivity index (χ0) is 13.8. The number of nitriles is 2. The molecule has 0 aliphatic rings. The molecular weight excluding hydrogens is 326 g/mol. The minimum Gasteiger partial charge on any atom is -0.353 e. The van der Waals surface area contributed by atoms with Gasteiger partial charge in [0.25, 0.3) is 0 Å². The van der Waals surface area contributed by atoms with Crippen molar-refractivity contribution in [1.82, 2.24) is 0 Å². The molecular formula is C14H7BrClN3. The molecule has 0 aliphatic heterocycles. The number of hydrogen-bond acceptors (Lipinski definition) is 3. The third-order valence-corrected chi connectivity index (χ3v) is 3.29. The summed E-state index contributed by atoms with van der Waals surface area (Å²) in [7, 11) is 0. The number of nitrogens with one attached hydrogen (secondary N) is 1. The van der Waals surface area contributed by atoms with E-state index in [0.717, 1.165) is 4.47 Å². The quantitative estimate of drug-likeness (QED) is 0.875. The van der Waals surface area contributed by atoms with Crippen LogP contribution in [0.2, 0.25) is 5.02 Å². The molecule has 0 amide bonds. The molecule has 0 heterocycles. The van der Waals surface area contributed by atoms with Crippen LogP contribution in [0, 0.1) is 22.7 Å². The predicted molar refractivity (Wildman–Crippen MR) is 78.3 cm³/mol. The van der Waals surface area contributed by atoms with E-state index in [1.165, 1.54) is 0 Å². The standard InChI is InChI=1S/C14H7BrClN3/c15-11-2-4-13(10(6-11)8-18)19-14-5-9(7-17)1-3-12(14)16/h1-6,19H. The van der Waals surface area contributed by atoms with E-state index >= 15 is 0 Å². The molecule has 0 radical (unpaired) electrons. The Balaban J connectivity index is 2.42. The van der Waals surface area contributed by atoms with Crippen molar-refractivity contribution in [2.75, 3.05) is 5.32 Å². The molecule has 0 spiro atoms. The van der Waals surface area contributed by atoms with Gasteiger partial charge in [-0.15, -0.1) is 0 Å². The summed E-state index contributed by atoms with van der Waals surface area (Å²) in [6.45, 7) is 0. The fourth-order valence-corrected chi connectivity index (χ4v) is 2.08. The lowest BCUT2D eigenvalue weighted by molar-refractivity contribution is 1.44. The summed E-state index contributed by atoms with van der Waals surface area (Å²) >= 11 is 9.38. The number of anilines is 2. The lowest BCUT2D eigenvalue weighted by atomic mass is 10.1. The average molecular weight is 333 g/mol. The molecule has 92 valence electrons. The van der Waals surface area contributed by atoms with Crippen LogP contribution in [0.5, 0.6) is 0 Å². The smallest absolute Gasteiger partial charge is 0.101 e. The largest absolute Gasteiger partial charge is 0.353 e. The van der Waals surface area contributed by atoms with Crippen molar-refractivity contribution in [3.8, 4) is 12.1 Å². The van der Waals surface area contributed by atoms with Gasteiger partial charge in [-0.1, -0.05) is 27.5 Å². The van der Waals surface area contributed by atoms with Gasteiger partial charge in [0.15, 0.2) is 0 Å². The Hall–Kier alpha value is -2.01. The first-order valence-electron chi connectivity index (χ1n) is 5.30. The molecule has 5 heteroatoms. The lowest BCUT2D eigenvalue weighted by Gasteiger charge is -2.10. The molecule has 0 fully saturated rings. The van der Waals surface area contributed by atoms with E-state index in [1.54, 1.807) is 30.3 Å². The van der Waals surface area contributed by atoms with E-state index in [0.29, 0.717) is 27.5 Å². The van der Waals surface area contributed by atoms with Gasteiger partial charge in [0.1, 0.15) is 6.07 Å². The van der Waals surface area contributed by atoms with Crippen molar-refractivity contribution in [1.29, 1.82) is 10.5 Å². The number of nitrogens with zero attached hydrogens (tertiary/aromatic N) is 2. The molecule has 2 rings (SSSR count). The van der Waals surface area contributed by atoms with Gasteiger partial charge in [-0.05, 0) is 36.4 Å². The fraction of sp³-hybridized carbons (Fsp3) is 0. The Morgan fingerprint density at radius 2 is 1.79 bits per heavy atom. The Kier molecular flexibility index (Phi) is 4.06. The highest BCUT2D eigenvalue weighted by molar-refractivity contribution is 9.10. The molecule has 19 heavy (non-hydrogen) atoms. The molecule has 3 nitrogen and oxygen atoms in total. The van der Waals surface area contributed by atoms with Crippen molar-refractivity contribution in [3.63, 3.8) is 0 Å². The minimum atomic E-state index is 0.491. The number of halogens is 2. The summed E-state index contributed by atoms with van der Waals surface area (Å²) in [5.41, 5.74) is 2.23. The summed E-state index contributed by atoms with van der Waals surface area (Å²) in [5.74, 6) is 0. The van der Waals surface area contributed by atoms with Crippen LogP contribution in [0.1, 0.15) is 11.1 Å². The molecule has 0 saturated heterocycles. The molecule has 0 saturated carbocycles. The van der Waals surface area contributed by atoms with E-state index in [4.69, 9.17) is 22.1 Å². The fourth-order valence-electron chi connectivity index (χ4n) is 1.55. The second-order valence-corrected chi connectivity index (χ2v) is 5.06. The van der Waals surface area contributed by atoms with Crippen LogP contribution < -0.4 is 5.32 Å². The maximum Gasteiger partial charge on any atom is 0.101 e. The lowest BCUT2D eigenvalue weighted by Crippen LogP contribution is -1.95. The third kappa shape index (κ3) is 3.06. The van der Waals surface area contributed by atoms with Crippen LogP contribution in [0.15, 0.2) is 40.9 Å². The number of hydrogen-bond donors (Lipinski definition) is 1. The normalized spacial score (nSPS) is 9.47. The molecule has 0 unspecified atom stereocenters. The van der Waals surface area contributed by atoms with Crippen LogP contribution in [-0.2, 0) is 0 Å². The first-order chi connectivity index (χ1) is 9.13. The molecule has 0 aromatic heterocycles. The number of rotatable bonds is 2. The Labute approximate surface area is 124 Å². The van der Waals surface area contributed by atoms with Crippen LogP contribution >= 0.6 is 27.5 Å². The molecule has 0 aliphatic carbocycles. The van der Waals surface area contributed by atoms with E-state index in [2.05, 4.69) is 27.3 Å². The maximum absolute atomic E-state index is 9.09. The number of benzene rings is 2. The second-order valence-electron chi connectivity index (χ2n) is 3.73. The summed E-state index contributed by atoms with van der Waals surface area (Å²) < 4.78 is 0.825. The van der Waals surface area contributed by atoms with Crippen molar-refractivity contribution in [3.05, 3.63) is 57.0 Å². The Morgan fingerprint density at radius 1 is 1.00 bits per heavy atom. The van der Waals surface area contributed by atoms with Crippen molar-refractivity contribution in [2.45, 2.75) is 0 Å². The van der Waals surface area contributed by atoms with Gasteiger partial charge in [-0.3, -0.25) is 0 Å². The van der Waals surface area contributed by atoms with E-state index in [1.807, 2.05) is 12.1 Å². The SMILES string of the molecule is N#Cc1ccc(Cl)c(Nc2ccc(Br)cc2C#N)c1. The molecule has 2 aromatic carbocycles. The van der Waals surface area contributed by atoms with Crippen LogP contribution in [-0.4, -0.2) is 0 Å². The van der Waals surface area contributed by atoms with Gasteiger partial charge in [-0.25, -0.2) is 0 Å². The summed E-state index contributed by atoms with van der Waals surface area (Å²) in [6, 6.07) is 14.4. The van der Waals surface area contributed by atoms with Gasteiger partial charge in [-0.2, -0.15) is 10.5 Å². The summed E-state index contributed by atoms with van der Waals surface area (Å²) in [6.07, 6.45) is 0. The minimum absolute atomic E-state index is 0.491. The van der Waals surface area contributed by atoms with Crippen LogP contribution in [0.25, 0.3) is 0 Å². The van der Waals surface area contributed by atoms with Gasteiger partial charge in [0.2, 0.25) is 0 Å². The van der Waals surface area contributed by atoms with E-state index in [-0.39, 0.29) is 0 Å². The second kappa shape index (κ2) is 5.75. The monoisotopic (exact) mass is 331 g/mol. The molecule has 0 atom stereocenters. The van der Waals surface area contributed by atoms with Crippen molar-refractivity contribution in [2.24, 2.45) is 0 Å². The van der Waals surface area contributed by atoms with Gasteiger partial charge in [0, 0.05) is 4.47 Å². The molecule has 1 N–H and O–H groups in total. The van der Waals surface area contributed by atoms with Gasteiger partial charge in [0.05, 0.1) is 33.6 Å². The first kappa shape index (κ1) is 13.4. The molecule has 2 aromatic rings. The average Bonchev–Trinajstić information content (AvgIpc) is 2.43. The zero-order valence-electron chi connectivity index (χ0n) is 9.61. The molecule has 0 bridgehead atoms. The highest BCUT2D eigenvalue weighted by atomic mass is 79.9. The maximum atomic E-state index is 9.09. The first-order valence-corrected chi connectivity index (χ1v) is 6.47. The van der Waals surface area contributed by atoms with Gasteiger partial charge < -0.3 is 5.32 Å². The highest BCUT2D eigenvalue weighted by Gasteiger charge is 2.06. The van der Waals surface area contributed by atoms with E-state index < -0.39 is 0 Å². The van der Waals surface area contributed by atoms with E-state index in [9.17, 15) is 0 Å². The van der Waals surface area contributed by atoms with Crippen LogP contribution in [0.3, 0.4) is 0 Å². The highest BCUT2D eigenvalue weighted by Crippen LogP contribution is 2.29.